The first-order valence-electron chi connectivity index (χ1n) is 5.77. The van der Waals surface area contributed by atoms with Crippen molar-refractivity contribution in [2.45, 2.75) is 32.8 Å². The van der Waals surface area contributed by atoms with E-state index in [1.807, 2.05) is 41.2 Å². The molecule has 0 unspecified atom stereocenters. The Balaban J connectivity index is 2.37. The van der Waals surface area contributed by atoms with E-state index in [0.717, 1.165) is 16.9 Å². The number of aromatic nitrogens is 2. The molecule has 2 rings (SSSR count). The highest BCUT2D eigenvalue weighted by Gasteiger charge is 2.16. The van der Waals surface area contributed by atoms with Gasteiger partial charge in [-0.2, -0.15) is 5.10 Å². The fourth-order valence-electron chi connectivity index (χ4n) is 1.67. The molecule has 0 saturated carbocycles. The molecule has 0 aliphatic rings. The summed E-state index contributed by atoms with van der Waals surface area (Å²) in [6.07, 6.45) is 1.96. The highest BCUT2D eigenvalue weighted by atomic mass is 16.3. The Labute approximate surface area is 102 Å². The van der Waals surface area contributed by atoms with Crippen molar-refractivity contribution in [2.75, 3.05) is 0 Å². The molecular weight excluding hydrogens is 212 g/mol. The lowest BCUT2D eigenvalue weighted by molar-refractivity contribution is 0.282. The normalized spacial score (nSPS) is 11.8. The first-order chi connectivity index (χ1) is 8.00. The minimum Gasteiger partial charge on any atom is -0.392 e. The topological polar surface area (TPSA) is 38.0 Å². The van der Waals surface area contributed by atoms with Crippen molar-refractivity contribution in [3.05, 3.63) is 47.8 Å². The van der Waals surface area contributed by atoms with Crippen LogP contribution >= 0.6 is 0 Å². The summed E-state index contributed by atoms with van der Waals surface area (Å²) in [5.41, 5.74) is 2.99. The molecule has 0 fully saturated rings. The van der Waals surface area contributed by atoms with Crippen LogP contribution in [0.25, 0.3) is 5.69 Å². The number of benzene rings is 1. The van der Waals surface area contributed by atoms with E-state index in [0.29, 0.717) is 0 Å². The van der Waals surface area contributed by atoms with Crippen molar-refractivity contribution >= 4 is 0 Å². The van der Waals surface area contributed by atoms with Gasteiger partial charge in [0.1, 0.15) is 0 Å². The maximum absolute atomic E-state index is 9.11. The summed E-state index contributed by atoms with van der Waals surface area (Å²) in [4.78, 5) is 0. The Morgan fingerprint density at radius 2 is 2.00 bits per heavy atom. The van der Waals surface area contributed by atoms with Gasteiger partial charge in [-0.1, -0.05) is 32.9 Å². The van der Waals surface area contributed by atoms with Crippen LogP contribution in [0.1, 0.15) is 32.0 Å². The minimum absolute atomic E-state index is 0.0554. The van der Waals surface area contributed by atoms with Crippen LogP contribution in [0.3, 0.4) is 0 Å². The monoisotopic (exact) mass is 230 g/mol. The third kappa shape index (κ3) is 2.56. The quantitative estimate of drug-likeness (QED) is 0.861. The zero-order chi connectivity index (χ0) is 12.5. The van der Waals surface area contributed by atoms with Gasteiger partial charge in [-0.05, 0) is 23.8 Å². The molecule has 1 aromatic carbocycles. The zero-order valence-electron chi connectivity index (χ0n) is 10.5. The Kier molecular flexibility index (Phi) is 3.03. The second kappa shape index (κ2) is 4.34. The molecule has 90 valence electrons. The predicted octanol–water partition coefficient (Wildman–Crippen LogP) is 2.66. The van der Waals surface area contributed by atoms with Crippen LogP contribution in [0.15, 0.2) is 36.5 Å². The van der Waals surface area contributed by atoms with E-state index in [1.165, 1.54) is 0 Å². The van der Waals surface area contributed by atoms with Crippen molar-refractivity contribution in [3.63, 3.8) is 0 Å². The number of rotatable bonds is 2. The first kappa shape index (κ1) is 11.9. The number of hydrogen-bond acceptors (Lipinski definition) is 2. The molecule has 3 nitrogen and oxygen atoms in total. The largest absolute Gasteiger partial charge is 0.392 e. The van der Waals surface area contributed by atoms with Gasteiger partial charge < -0.3 is 5.11 Å². The molecule has 0 atom stereocenters. The van der Waals surface area contributed by atoms with Crippen LogP contribution in [-0.4, -0.2) is 14.9 Å². The summed E-state index contributed by atoms with van der Waals surface area (Å²) in [6, 6.07) is 9.79. The van der Waals surface area contributed by atoms with Gasteiger partial charge >= 0.3 is 0 Å². The molecule has 1 aromatic heterocycles. The molecule has 3 heteroatoms. The molecule has 0 bridgehead atoms. The Bertz CT molecular complexity index is 509. The van der Waals surface area contributed by atoms with Crippen molar-refractivity contribution < 1.29 is 5.11 Å². The summed E-state index contributed by atoms with van der Waals surface area (Å²) in [5, 5.41) is 13.7. The van der Waals surface area contributed by atoms with Crippen molar-refractivity contribution in [2.24, 2.45) is 0 Å². The van der Waals surface area contributed by atoms with Crippen LogP contribution in [0.2, 0.25) is 0 Å². The summed E-state index contributed by atoms with van der Waals surface area (Å²) in [7, 11) is 0. The van der Waals surface area contributed by atoms with E-state index >= 15 is 0 Å². The number of aliphatic hydroxyl groups excluding tert-OH is 1. The lowest BCUT2D eigenvalue weighted by atomic mass is 9.93. The zero-order valence-corrected chi connectivity index (χ0v) is 10.5. The van der Waals surface area contributed by atoms with Gasteiger partial charge in [0.25, 0.3) is 0 Å². The first-order valence-corrected chi connectivity index (χ1v) is 5.77. The van der Waals surface area contributed by atoms with Gasteiger partial charge in [0, 0.05) is 11.6 Å². The molecule has 1 N–H and O–H groups in total. The second-order valence-electron chi connectivity index (χ2n) is 5.22. The molecule has 1 heterocycles. The third-order valence-electron chi connectivity index (χ3n) is 2.72. The average molecular weight is 230 g/mol. The molecule has 0 aliphatic heterocycles. The third-order valence-corrected chi connectivity index (χ3v) is 2.72. The summed E-state index contributed by atoms with van der Waals surface area (Å²) in [5.74, 6) is 0. The molecule has 0 amide bonds. The highest BCUT2D eigenvalue weighted by Crippen LogP contribution is 2.21. The number of aliphatic hydroxyl groups is 1. The summed E-state index contributed by atoms with van der Waals surface area (Å²) in [6.45, 7) is 6.48. The fraction of sp³-hybridized carbons (Fsp3) is 0.357. The Morgan fingerprint density at radius 3 is 2.59 bits per heavy atom. The lowest BCUT2D eigenvalue weighted by Gasteiger charge is -2.14. The van der Waals surface area contributed by atoms with Gasteiger partial charge in [-0.15, -0.1) is 0 Å². The molecule has 0 aliphatic carbocycles. The Hall–Kier alpha value is -1.61. The van der Waals surface area contributed by atoms with E-state index in [2.05, 4.69) is 25.9 Å². The van der Waals surface area contributed by atoms with Crippen LogP contribution < -0.4 is 0 Å². The molecule has 0 radical (unpaired) electrons. The smallest absolute Gasteiger partial charge is 0.0682 e. The fourth-order valence-corrected chi connectivity index (χ4v) is 1.67. The van der Waals surface area contributed by atoms with Crippen molar-refractivity contribution in [1.82, 2.24) is 9.78 Å². The highest BCUT2D eigenvalue weighted by molar-refractivity contribution is 5.35. The molecule has 0 spiro atoms. The van der Waals surface area contributed by atoms with E-state index in [4.69, 9.17) is 5.11 Å². The van der Waals surface area contributed by atoms with E-state index in [9.17, 15) is 0 Å². The van der Waals surface area contributed by atoms with Crippen molar-refractivity contribution in [3.8, 4) is 5.69 Å². The van der Waals surface area contributed by atoms with Gasteiger partial charge in [0.05, 0.1) is 18.0 Å². The van der Waals surface area contributed by atoms with Crippen LogP contribution in [0.5, 0.6) is 0 Å². The van der Waals surface area contributed by atoms with Gasteiger partial charge in [0.15, 0.2) is 0 Å². The maximum Gasteiger partial charge on any atom is 0.0682 e. The van der Waals surface area contributed by atoms with Gasteiger partial charge in [-0.25, -0.2) is 4.68 Å². The molecule has 17 heavy (non-hydrogen) atoms. The summed E-state index contributed by atoms with van der Waals surface area (Å²) >= 11 is 0. The van der Waals surface area contributed by atoms with Gasteiger partial charge in [-0.3, -0.25) is 0 Å². The SMILES string of the molecule is CC(C)(C)c1ccn(-c2cccc(CO)c2)n1. The maximum atomic E-state index is 9.11. The van der Waals surface area contributed by atoms with E-state index < -0.39 is 0 Å². The van der Waals surface area contributed by atoms with Gasteiger partial charge in [0.2, 0.25) is 0 Å². The predicted molar refractivity (Wildman–Crippen MR) is 68.2 cm³/mol. The lowest BCUT2D eigenvalue weighted by Crippen LogP contribution is -2.12. The standard InChI is InChI=1S/C14H18N2O/c1-14(2,3)13-7-8-16(15-13)12-6-4-5-11(9-12)10-17/h4-9,17H,10H2,1-3H3. The van der Waals surface area contributed by atoms with E-state index in [1.54, 1.807) is 0 Å². The second-order valence-corrected chi connectivity index (χ2v) is 5.22. The van der Waals surface area contributed by atoms with Crippen LogP contribution in [0, 0.1) is 0 Å². The van der Waals surface area contributed by atoms with E-state index in [-0.39, 0.29) is 12.0 Å². The number of nitrogens with zero attached hydrogens (tertiary/aromatic N) is 2. The minimum atomic E-state index is 0.0554. The van der Waals surface area contributed by atoms with Crippen molar-refractivity contribution in [1.29, 1.82) is 0 Å². The van der Waals surface area contributed by atoms with Crippen LogP contribution in [0.4, 0.5) is 0 Å². The average Bonchev–Trinajstić information content (AvgIpc) is 2.78. The molecule has 0 saturated heterocycles. The Morgan fingerprint density at radius 1 is 1.24 bits per heavy atom. The number of hydrogen-bond donors (Lipinski definition) is 1. The molecular formula is C14H18N2O. The van der Waals surface area contributed by atoms with Crippen LogP contribution in [-0.2, 0) is 12.0 Å². The molecule has 2 aromatic rings. The summed E-state index contributed by atoms with van der Waals surface area (Å²) < 4.78 is 1.85.